The van der Waals surface area contributed by atoms with Crippen LogP contribution in [0.3, 0.4) is 0 Å². The molecular formula is C22H38O5. The van der Waals surface area contributed by atoms with Crippen LogP contribution in [0.5, 0.6) is 0 Å². The first-order chi connectivity index (χ1) is 12.6. The van der Waals surface area contributed by atoms with E-state index >= 15 is 0 Å². The zero-order valence-electron chi connectivity index (χ0n) is 17.9. The van der Waals surface area contributed by atoms with Crippen LogP contribution >= 0.6 is 0 Å². The van der Waals surface area contributed by atoms with Crippen molar-refractivity contribution in [2.24, 2.45) is 23.7 Å². The van der Waals surface area contributed by atoms with Gasteiger partial charge in [0.25, 0.3) is 0 Å². The Morgan fingerprint density at radius 3 is 2.22 bits per heavy atom. The van der Waals surface area contributed by atoms with E-state index in [1.807, 2.05) is 19.9 Å². The molecule has 1 atom stereocenters. The predicted molar refractivity (Wildman–Crippen MR) is 106 cm³/mol. The van der Waals surface area contributed by atoms with Gasteiger partial charge in [0.1, 0.15) is 6.61 Å². The Balaban J connectivity index is 2.72. The summed E-state index contributed by atoms with van der Waals surface area (Å²) in [5.74, 6) is 1.21. The molecule has 5 nitrogen and oxygen atoms in total. The van der Waals surface area contributed by atoms with Crippen molar-refractivity contribution in [1.82, 2.24) is 0 Å². The maximum absolute atomic E-state index is 12.3. The van der Waals surface area contributed by atoms with E-state index in [1.54, 1.807) is 0 Å². The van der Waals surface area contributed by atoms with Gasteiger partial charge in [0.05, 0.1) is 6.61 Å². The van der Waals surface area contributed by atoms with E-state index in [-0.39, 0.29) is 31.5 Å². The fraction of sp³-hybridized carbons (Fsp3) is 0.818. The van der Waals surface area contributed by atoms with Gasteiger partial charge < -0.3 is 14.6 Å². The molecule has 5 heteroatoms. The van der Waals surface area contributed by atoms with Crippen molar-refractivity contribution in [1.29, 1.82) is 0 Å². The highest BCUT2D eigenvalue weighted by atomic mass is 16.6. The second-order valence-electron chi connectivity index (χ2n) is 9.26. The number of cyclic esters (lactones) is 1. The number of aliphatic hydroxyl groups excluding tert-OH is 1. The van der Waals surface area contributed by atoms with Crippen LogP contribution in [-0.4, -0.2) is 35.9 Å². The second-order valence-corrected chi connectivity index (χ2v) is 9.26. The van der Waals surface area contributed by atoms with E-state index in [0.717, 1.165) is 19.3 Å². The van der Waals surface area contributed by atoms with Crippen LogP contribution in [0.15, 0.2) is 11.6 Å². The number of rotatable bonds is 11. The lowest BCUT2D eigenvalue weighted by molar-refractivity contribution is -0.166. The molecule has 1 unspecified atom stereocenters. The molecular weight excluding hydrogens is 344 g/mol. The predicted octanol–water partition coefficient (Wildman–Crippen LogP) is 4.28. The van der Waals surface area contributed by atoms with Gasteiger partial charge in [-0.3, -0.25) is 4.79 Å². The van der Waals surface area contributed by atoms with Crippen LogP contribution in [0.2, 0.25) is 0 Å². The summed E-state index contributed by atoms with van der Waals surface area (Å²) >= 11 is 0. The highest BCUT2D eigenvalue weighted by Crippen LogP contribution is 2.33. The molecule has 1 heterocycles. The topological polar surface area (TPSA) is 72.8 Å². The highest BCUT2D eigenvalue weighted by Gasteiger charge is 2.44. The average Bonchev–Trinajstić information content (AvgIpc) is 2.86. The first-order valence-corrected chi connectivity index (χ1v) is 10.3. The van der Waals surface area contributed by atoms with E-state index in [9.17, 15) is 14.7 Å². The molecule has 0 bridgehead atoms. The van der Waals surface area contributed by atoms with Crippen molar-refractivity contribution in [2.75, 3.05) is 13.2 Å². The van der Waals surface area contributed by atoms with Gasteiger partial charge in [0.2, 0.25) is 0 Å². The number of hydrogen-bond donors (Lipinski definition) is 1. The summed E-state index contributed by atoms with van der Waals surface area (Å²) in [7, 11) is 0. The van der Waals surface area contributed by atoms with Crippen LogP contribution in [0.25, 0.3) is 0 Å². The quantitative estimate of drug-likeness (QED) is 0.426. The average molecular weight is 383 g/mol. The van der Waals surface area contributed by atoms with Gasteiger partial charge in [0, 0.05) is 18.4 Å². The maximum atomic E-state index is 12.3. The van der Waals surface area contributed by atoms with Gasteiger partial charge in [-0.05, 0) is 42.9 Å². The molecule has 1 aliphatic rings. The normalized spacial score (nSPS) is 21.7. The van der Waals surface area contributed by atoms with Crippen molar-refractivity contribution in [3.8, 4) is 0 Å². The van der Waals surface area contributed by atoms with Gasteiger partial charge in [-0.15, -0.1) is 0 Å². The van der Waals surface area contributed by atoms with Crippen LogP contribution in [0, 0.1) is 23.7 Å². The number of carbonyl (C=O) groups is 2. The molecule has 0 aliphatic carbocycles. The minimum absolute atomic E-state index is 0.0977. The molecule has 0 aromatic rings. The fourth-order valence-corrected chi connectivity index (χ4v) is 3.62. The van der Waals surface area contributed by atoms with Crippen molar-refractivity contribution in [3.05, 3.63) is 11.6 Å². The molecule has 0 spiro atoms. The SMILES string of the molecule is CC(C)CC(=O)OCC1(CO)C/C(=C/CC(CC(C)C)CC(C)C)C(=O)O1. The summed E-state index contributed by atoms with van der Waals surface area (Å²) < 4.78 is 10.7. The summed E-state index contributed by atoms with van der Waals surface area (Å²) in [6, 6.07) is 0. The van der Waals surface area contributed by atoms with E-state index in [1.165, 1.54) is 0 Å². The fourth-order valence-electron chi connectivity index (χ4n) is 3.62. The number of ether oxygens (including phenoxy) is 2. The third kappa shape index (κ3) is 8.46. The molecule has 0 saturated carbocycles. The van der Waals surface area contributed by atoms with Gasteiger partial charge in [-0.1, -0.05) is 47.6 Å². The van der Waals surface area contributed by atoms with Crippen LogP contribution in [-0.2, 0) is 19.1 Å². The molecule has 0 amide bonds. The van der Waals surface area contributed by atoms with Crippen molar-refractivity contribution < 1.29 is 24.2 Å². The minimum atomic E-state index is -1.14. The van der Waals surface area contributed by atoms with Crippen LogP contribution < -0.4 is 0 Å². The first kappa shape index (κ1) is 23.7. The standard InChI is InChI=1S/C22H38O5/c1-15(2)9-18(10-16(3)4)7-8-19-12-22(13-23,27-21(19)25)14-26-20(24)11-17(5)6/h8,15-18,23H,7,9-14H2,1-6H3/b19-8-. The summed E-state index contributed by atoms with van der Waals surface area (Å²) in [4.78, 5) is 24.1. The monoisotopic (exact) mass is 382 g/mol. The molecule has 0 radical (unpaired) electrons. The van der Waals surface area contributed by atoms with E-state index < -0.39 is 11.6 Å². The summed E-state index contributed by atoms with van der Waals surface area (Å²) in [6.45, 7) is 12.3. The van der Waals surface area contributed by atoms with E-state index in [2.05, 4.69) is 27.7 Å². The zero-order valence-corrected chi connectivity index (χ0v) is 17.9. The number of carbonyl (C=O) groups excluding carboxylic acids is 2. The van der Waals surface area contributed by atoms with Crippen molar-refractivity contribution in [3.63, 3.8) is 0 Å². The zero-order chi connectivity index (χ0) is 20.6. The van der Waals surface area contributed by atoms with E-state index in [4.69, 9.17) is 9.47 Å². The van der Waals surface area contributed by atoms with E-state index in [0.29, 0.717) is 29.7 Å². The Morgan fingerprint density at radius 1 is 1.15 bits per heavy atom. The molecule has 1 saturated heterocycles. The molecule has 1 aliphatic heterocycles. The third-order valence-electron chi connectivity index (χ3n) is 4.75. The lowest BCUT2D eigenvalue weighted by Gasteiger charge is -2.24. The molecule has 1 rings (SSSR count). The Bertz CT molecular complexity index is 511. The lowest BCUT2D eigenvalue weighted by Crippen LogP contribution is -2.39. The number of allylic oxidation sites excluding steroid dienone is 1. The summed E-state index contributed by atoms with van der Waals surface area (Å²) in [6.07, 6.45) is 5.63. The lowest BCUT2D eigenvalue weighted by atomic mass is 9.86. The minimum Gasteiger partial charge on any atom is -0.461 e. The molecule has 1 fully saturated rings. The first-order valence-electron chi connectivity index (χ1n) is 10.3. The Morgan fingerprint density at radius 2 is 1.74 bits per heavy atom. The van der Waals surface area contributed by atoms with Gasteiger partial charge in [-0.2, -0.15) is 0 Å². The molecule has 27 heavy (non-hydrogen) atoms. The van der Waals surface area contributed by atoms with Crippen molar-refractivity contribution in [2.45, 2.75) is 79.2 Å². The third-order valence-corrected chi connectivity index (χ3v) is 4.75. The van der Waals surface area contributed by atoms with Crippen LogP contribution in [0.4, 0.5) is 0 Å². The van der Waals surface area contributed by atoms with Gasteiger partial charge in [-0.25, -0.2) is 4.79 Å². The maximum Gasteiger partial charge on any atom is 0.334 e. The molecule has 0 aromatic heterocycles. The number of hydrogen-bond acceptors (Lipinski definition) is 5. The second kappa shape index (κ2) is 10.8. The number of aliphatic hydroxyl groups is 1. The Kier molecular flexibility index (Phi) is 9.51. The van der Waals surface area contributed by atoms with Gasteiger partial charge in [0.15, 0.2) is 5.60 Å². The molecule has 1 N–H and O–H groups in total. The smallest absolute Gasteiger partial charge is 0.334 e. The highest BCUT2D eigenvalue weighted by molar-refractivity contribution is 5.91. The molecule has 156 valence electrons. The molecule has 0 aromatic carbocycles. The number of esters is 2. The van der Waals surface area contributed by atoms with Crippen molar-refractivity contribution >= 4 is 11.9 Å². The van der Waals surface area contributed by atoms with Gasteiger partial charge >= 0.3 is 11.9 Å². The Hall–Kier alpha value is -1.36. The largest absolute Gasteiger partial charge is 0.461 e. The summed E-state index contributed by atoms with van der Waals surface area (Å²) in [5, 5.41) is 9.77. The van der Waals surface area contributed by atoms with Crippen LogP contribution in [0.1, 0.15) is 73.6 Å². The Labute approximate surface area is 164 Å². The summed E-state index contributed by atoms with van der Waals surface area (Å²) in [5.41, 5.74) is -0.553.